The number of rotatable bonds is 4. The van der Waals surface area contributed by atoms with Crippen LogP contribution in [0.4, 0.5) is 4.79 Å². The van der Waals surface area contributed by atoms with Crippen molar-refractivity contribution in [3.8, 4) is 0 Å². The van der Waals surface area contributed by atoms with E-state index < -0.39 is 17.7 Å². The Kier molecular flexibility index (Phi) is 2.98. The average molecular weight is 201 g/mol. The maximum Gasteiger partial charge on any atom is 0.410 e. The molecule has 14 heavy (non-hydrogen) atoms. The van der Waals surface area contributed by atoms with Gasteiger partial charge in [-0.15, -0.1) is 0 Å². The number of cyclic esters (lactones) is 1. The van der Waals surface area contributed by atoms with Gasteiger partial charge in [0, 0.05) is 6.54 Å². The van der Waals surface area contributed by atoms with Crippen LogP contribution in [0.2, 0.25) is 0 Å². The van der Waals surface area contributed by atoms with E-state index in [0.29, 0.717) is 13.1 Å². The first-order valence-electron chi connectivity index (χ1n) is 4.66. The Morgan fingerprint density at radius 1 is 1.71 bits per heavy atom. The van der Waals surface area contributed by atoms with Gasteiger partial charge in [-0.2, -0.15) is 0 Å². The summed E-state index contributed by atoms with van der Waals surface area (Å²) in [5, 5.41) is 8.63. The molecule has 5 nitrogen and oxygen atoms in total. The SMILES string of the molecule is CCCN1CC(C)(CC(=O)O)OC1=O. The minimum absolute atomic E-state index is 0.140. The predicted molar refractivity (Wildman–Crippen MR) is 49.0 cm³/mol. The number of hydrogen-bond acceptors (Lipinski definition) is 3. The van der Waals surface area contributed by atoms with Gasteiger partial charge >= 0.3 is 12.1 Å². The van der Waals surface area contributed by atoms with Crippen molar-refractivity contribution in [1.82, 2.24) is 4.90 Å². The molecular formula is C9H15NO4. The van der Waals surface area contributed by atoms with Crippen LogP contribution in [0, 0.1) is 0 Å². The molecule has 1 aliphatic rings. The summed E-state index contributed by atoms with van der Waals surface area (Å²) in [6.07, 6.45) is 0.299. The van der Waals surface area contributed by atoms with E-state index >= 15 is 0 Å². The fourth-order valence-electron chi connectivity index (χ4n) is 1.63. The highest BCUT2D eigenvalue weighted by molar-refractivity contribution is 5.74. The molecule has 1 N–H and O–H groups in total. The van der Waals surface area contributed by atoms with Gasteiger partial charge in [-0.1, -0.05) is 6.92 Å². The highest BCUT2D eigenvalue weighted by atomic mass is 16.6. The Balaban J connectivity index is 2.60. The second-order valence-corrected chi connectivity index (χ2v) is 3.81. The molecule has 1 heterocycles. The number of hydrogen-bond donors (Lipinski definition) is 1. The smallest absolute Gasteiger partial charge is 0.410 e. The van der Waals surface area contributed by atoms with Crippen LogP contribution in [-0.4, -0.2) is 40.8 Å². The fraction of sp³-hybridized carbons (Fsp3) is 0.778. The summed E-state index contributed by atoms with van der Waals surface area (Å²) in [6.45, 7) is 4.59. The van der Waals surface area contributed by atoms with Gasteiger partial charge in [0.25, 0.3) is 0 Å². The zero-order valence-corrected chi connectivity index (χ0v) is 8.45. The summed E-state index contributed by atoms with van der Waals surface area (Å²) in [7, 11) is 0. The van der Waals surface area contributed by atoms with Gasteiger partial charge in [-0.05, 0) is 13.3 Å². The average Bonchev–Trinajstić information content (AvgIpc) is 2.25. The van der Waals surface area contributed by atoms with Gasteiger partial charge in [-0.3, -0.25) is 4.79 Å². The zero-order chi connectivity index (χ0) is 10.8. The Morgan fingerprint density at radius 3 is 2.86 bits per heavy atom. The Labute approximate surface area is 82.6 Å². The fourth-order valence-corrected chi connectivity index (χ4v) is 1.63. The van der Waals surface area contributed by atoms with Crippen LogP contribution in [0.1, 0.15) is 26.7 Å². The third kappa shape index (κ3) is 2.37. The van der Waals surface area contributed by atoms with E-state index in [0.717, 1.165) is 6.42 Å². The lowest BCUT2D eigenvalue weighted by Crippen LogP contribution is -2.33. The molecule has 1 atom stereocenters. The van der Waals surface area contributed by atoms with Crippen molar-refractivity contribution in [3.63, 3.8) is 0 Å². The largest absolute Gasteiger partial charge is 0.481 e. The molecule has 0 aromatic heterocycles. The van der Waals surface area contributed by atoms with E-state index in [9.17, 15) is 9.59 Å². The van der Waals surface area contributed by atoms with Crippen LogP contribution in [0.5, 0.6) is 0 Å². The maximum absolute atomic E-state index is 11.3. The molecule has 0 aromatic carbocycles. The number of aliphatic carboxylic acids is 1. The monoisotopic (exact) mass is 201 g/mol. The minimum Gasteiger partial charge on any atom is -0.481 e. The van der Waals surface area contributed by atoms with Crippen molar-refractivity contribution in [2.45, 2.75) is 32.3 Å². The van der Waals surface area contributed by atoms with Crippen LogP contribution < -0.4 is 0 Å². The van der Waals surface area contributed by atoms with Gasteiger partial charge in [0.05, 0.1) is 13.0 Å². The molecule has 0 aliphatic carbocycles. The first-order chi connectivity index (χ1) is 6.47. The molecule has 1 fully saturated rings. The molecule has 0 saturated carbocycles. The summed E-state index contributed by atoms with van der Waals surface area (Å²) in [6, 6.07) is 0. The molecule has 5 heteroatoms. The van der Waals surface area contributed by atoms with Crippen molar-refractivity contribution in [2.24, 2.45) is 0 Å². The van der Waals surface area contributed by atoms with E-state index in [1.165, 1.54) is 0 Å². The van der Waals surface area contributed by atoms with Crippen LogP contribution in [0.3, 0.4) is 0 Å². The number of carbonyl (C=O) groups is 2. The molecule has 80 valence electrons. The number of carboxylic acid groups (broad SMARTS) is 1. The quantitative estimate of drug-likeness (QED) is 0.739. The van der Waals surface area contributed by atoms with E-state index in [1.54, 1.807) is 11.8 Å². The van der Waals surface area contributed by atoms with Crippen molar-refractivity contribution < 1.29 is 19.4 Å². The molecule has 1 unspecified atom stereocenters. The number of amides is 1. The normalized spacial score (nSPS) is 26.4. The number of ether oxygens (including phenoxy) is 1. The highest BCUT2D eigenvalue weighted by Gasteiger charge is 2.42. The molecule has 0 radical (unpaired) electrons. The lowest BCUT2D eigenvalue weighted by atomic mass is 10.0. The van der Waals surface area contributed by atoms with Crippen molar-refractivity contribution in [3.05, 3.63) is 0 Å². The molecule has 1 rings (SSSR count). The third-order valence-electron chi connectivity index (χ3n) is 2.14. The molecular weight excluding hydrogens is 186 g/mol. The van der Waals surface area contributed by atoms with Crippen molar-refractivity contribution >= 4 is 12.1 Å². The lowest BCUT2D eigenvalue weighted by Gasteiger charge is -2.18. The second kappa shape index (κ2) is 3.86. The van der Waals surface area contributed by atoms with E-state index in [4.69, 9.17) is 9.84 Å². The second-order valence-electron chi connectivity index (χ2n) is 3.81. The Hall–Kier alpha value is -1.26. The summed E-state index contributed by atoms with van der Waals surface area (Å²) < 4.78 is 5.03. The highest BCUT2D eigenvalue weighted by Crippen LogP contribution is 2.25. The Bertz CT molecular complexity index is 253. The molecule has 1 saturated heterocycles. The number of carboxylic acids is 1. The standard InChI is InChI=1S/C9H15NO4/c1-3-4-10-6-9(2,5-7(11)12)14-8(10)13/h3-6H2,1-2H3,(H,11,12). The molecule has 0 bridgehead atoms. The van der Waals surface area contributed by atoms with Gasteiger partial charge in [-0.25, -0.2) is 4.79 Å². The van der Waals surface area contributed by atoms with Gasteiger partial charge in [0.15, 0.2) is 0 Å². The topological polar surface area (TPSA) is 66.8 Å². The first kappa shape index (κ1) is 10.8. The van der Waals surface area contributed by atoms with Crippen LogP contribution in [0.15, 0.2) is 0 Å². The summed E-state index contributed by atoms with van der Waals surface area (Å²) in [5.41, 5.74) is -0.863. The van der Waals surface area contributed by atoms with E-state index in [2.05, 4.69) is 0 Å². The number of carbonyl (C=O) groups excluding carboxylic acids is 1. The lowest BCUT2D eigenvalue weighted by molar-refractivity contribution is -0.140. The first-order valence-corrected chi connectivity index (χ1v) is 4.66. The van der Waals surface area contributed by atoms with Gasteiger partial charge in [0.1, 0.15) is 5.60 Å². The van der Waals surface area contributed by atoms with Gasteiger partial charge < -0.3 is 14.7 Å². The van der Waals surface area contributed by atoms with Crippen LogP contribution in [0.25, 0.3) is 0 Å². The number of nitrogens with zero attached hydrogens (tertiary/aromatic N) is 1. The predicted octanol–water partition coefficient (Wildman–Crippen LogP) is 1.08. The Morgan fingerprint density at radius 2 is 2.36 bits per heavy atom. The van der Waals surface area contributed by atoms with Crippen molar-refractivity contribution in [1.29, 1.82) is 0 Å². The third-order valence-corrected chi connectivity index (χ3v) is 2.14. The van der Waals surface area contributed by atoms with Gasteiger partial charge in [0.2, 0.25) is 0 Å². The molecule has 1 aliphatic heterocycles. The summed E-state index contributed by atoms with van der Waals surface area (Å²) >= 11 is 0. The summed E-state index contributed by atoms with van der Waals surface area (Å²) in [4.78, 5) is 23.3. The molecule has 0 spiro atoms. The van der Waals surface area contributed by atoms with E-state index in [-0.39, 0.29) is 6.42 Å². The summed E-state index contributed by atoms with van der Waals surface area (Å²) in [5.74, 6) is -0.946. The van der Waals surface area contributed by atoms with Crippen molar-refractivity contribution in [2.75, 3.05) is 13.1 Å². The van der Waals surface area contributed by atoms with Crippen LogP contribution >= 0.6 is 0 Å². The van der Waals surface area contributed by atoms with E-state index in [1.807, 2.05) is 6.92 Å². The zero-order valence-electron chi connectivity index (χ0n) is 8.45. The molecule has 0 aromatic rings. The van der Waals surface area contributed by atoms with Crippen LogP contribution in [-0.2, 0) is 9.53 Å². The maximum atomic E-state index is 11.3. The molecule has 1 amide bonds. The minimum atomic E-state index is -0.946.